The molecule has 11 rings (SSSR count). The summed E-state index contributed by atoms with van der Waals surface area (Å²) in [5.74, 6) is 0. The summed E-state index contributed by atoms with van der Waals surface area (Å²) in [6, 6.07) is 79.4. The normalized spacial score (nSPS) is 11.5. The highest BCUT2D eigenvalue weighted by Gasteiger charge is 2.20. The minimum Gasteiger partial charge on any atom is -0.310 e. The fourth-order valence-electron chi connectivity index (χ4n) is 8.50. The van der Waals surface area contributed by atoms with E-state index in [2.05, 4.69) is 228 Å². The monoisotopic (exact) mass is 744 g/mol. The van der Waals surface area contributed by atoms with Crippen LogP contribution >= 0.6 is 11.3 Å². The third kappa shape index (κ3) is 5.80. The number of anilines is 3. The summed E-state index contributed by atoms with van der Waals surface area (Å²) >= 11 is 1.88. The molecule has 0 fully saturated rings. The summed E-state index contributed by atoms with van der Waals surface area (Å²) in [5.41, 5.74) is 14.1. The van der Waals surface area contributed by atoms with Gasteiger partial charge in [-0.25, -0.2) is 0 Å². The number of thiophene rings is 1. The average Bonchev–Trinajstić information content (AvgIpc) is 3.83. The predicted molar refractivity (Wildman–Crippen MR) is 245 cm³/mol. The molecule has 0 amide bonds. The third-order valence-electron chi connectivity index (χ3n) is 11.2. The van der Waals surface area contributed by atoms with E-state index in [1.165, 1.54) is 75.4 Å². The van der Waals surface area contributed by atoms with Gasteiger partial charge >= 0.3 is 0 Å². The van der Waals surface area contributed by atoms with Crippen LogP contribution in [0.15, 0.2) is 218 Å². The molecule has 0 saturated heterocycles. The zero-order valence-electron chi connectivity index (χ0n) is 31.1. The summed E-state index contributed by atoms with van der Waals surface area (Å²) in [6.07, 6.45) is 0. The Balaban J connectivity index is 1.08. The maximum atomic E-state index is 2.41. The lowest BCUT2D eigenvalue weighted by Crippen LogP contribution is -2.10. The highest BCUT2D eigenvalue weighted by atomic mass is 32.1. The van der Waals surface area contributed by atoms with Crippen molar-refractivity contribution in [2.45, 2.75) is 0 Å². The Hall–Kier alpha value is -7.20. The molecule has 57 heavy (non-hydrogen) atoms. The maximum Gasteiger partial charge on any atom is 0.0541 e. The highest BCUT2D eigenvalue weighted by molar-refractivity contribution is 7.26. The van der Waals surface area contributed by atoms with Crippen molar-refractivity contribution in [3.63, 3.8) is 0 Å². The molecule has 11 aromatic rings. The molecule has 0 spiro atoms. The first-order chi connectivity index (χ1) is 28.3. The highest BCUT2D eigenvalue weighted by Crippen LogP contribution is 2.46. The number of hydrogen-bond donors (Lipinski definition) is 0. The quantitative estimate of drug-likeness (QED) is 0.158. The van der Waals surface area contributed by atoms with Crippen LogP contribution in [0.4, 0.5) is 17.1 Å². The molecule has 2 heterocycles. The van der Waals surface area contributed by atoms with Crippen molar-refractivity contribution in [1.82, 2.24) is 4.57 Å². The first kappa shape index (κ1) is 33.2. The smallest absolute Gasteiger partial charge is 0.0541 e. The van der Waals surface area contributed by atoms with Crippen LogP contribution in [0.2, 0.25) is 0 Å². The zero-order valence-corrected chi connectivity index (χ0v) is 31.9. The van der Waals surface area contributed by atoms with Gasteiger partial charge in [0.15, 0.2) is 0 Å². The van der Waals surface area contributed by atoms with Gasteiger partial charge in [0.1, 0.15) is 0 Å². The molecule has 9 aromatic carbocycles. The molecule has 0 N–H and O–H groups in total. The molecular formula is C54H36N2S. The maximum absolute atomic E-state index is 2.41. The van der Waals surface area contributed by atoms with Gasteiger partial charge in [-0.1, -0.05) is 146 Å². The lowest BCUT2D eigenvalue weighted by Gasteiger charge is -2.27. The molecule has 268 valence electrons. The van der Waals surface area contributed by atoms with Crippen LogP contribution < -0.4 is 4.90 Å². The lowest BCUT2D eigenvalue weighted by atomic mass is 9.98. The van der Waals surface area contributed by atoms with Crippen molar-refractivity contribution in [2.75, 3.05) is 4.90 Å². The van der Waals surface area contributed by atoms with Crippen molar-refractivity contribution in [3.8, 4) is 39.1 Å². The van der Waals surface area contributed by atoms with Gasteiger partial charge in [-0.05, 0) is 101 Å². The van der Waals surface area contributed by atoms with Gasteiger partial charge in [0.05, 0.1) is 11.0 Å². The van der Waals surface area contributed by atoms with E-state index in [9.17, 15) is 0 Å². The van der Waals surface area contributed by atoms with Crippen LogP contribution in [0.1, 0.15) is 0 Å². The van der Waals surface area contributed by atoms with Crippen molar-refractivity contribution < 1.29 is 0 Å². The van der Waals surface area contributed by atoms with Gasteiger partial charge in [0.2, 0.25) is 0 Å². The Bertz CT molecular complexity index is 3180. The molecule has 0 aliphatic rings. The number of nitrogens with zero attached hydrogens (tertiary/aromatic N) is 2. The van der Waals surface area contributed by atoms with Crippen LogP contribution in [0.5, 0.6) is 0 Å². The molecule has 0 bridgehead atoms. The zero-order chi connectivity index (χ0) is 37.7. The Morgan fingerprint density at radius 3 is 1.60 bits per heavy atom. The Morgan fingerprint density at radius 1 is 0.333 bits per heavy atom. The molecule has 0 aliphatic carbocycles. The van der Waals surface area contributed by atoms with Crippen LogP contribution in [0.3, 0.4) is 0 Å². The third-order valence-corrected chi connectivity index (χ3v) is 12.4. The van der Waals surface area contributed by atoms with Crippen molar-refractivity contribution in [3.05, 3.63) is 218 Å². The second kappa shape index (κ2) is 13.8. The minimum atomic E-state index is 1.11. The van der Waals surface area contributed by atoms with E-state index in [-0.39, 0.29) is 0 Å². The first-order valence-electron chi connectivity index (χ1n) is 19.4. The molecule has 0 aliphatic heterocycles. The summed E-state index contributed by atoms with van der Waals surface area (Å²) < 4.78 is 4.97. The van der Waals surface area contributed by atoms with Crippen molar-refractivity contribution in [1.29, 1.82) is 0 Å². The van der Waals surface area contributed by atoms with Crippen molar-refractivity contribution in [2.24, 2.45) is 0 Å². The van der Waals surface area contributed by atoms with Crippen LogP contribution in [0, 0.1) is 0 Å². The lowest BCUT2D eigenvalue weighted by molar-refractivity contribution is 1.18. The number of hydrogen-bond acceptors (Lipinski definition) is 2. The fourth-order valence-corrected chi connectivity index (χ4v) is 9.72. The van der Waals surface area contributed by atoms with E-state index in [0.29, 0.717) is 0 Å². The number of aromatic nitrogens is 1. The summed E-state index contributed by atoms with van der Waals surface area (Å²) in [5, 5.41) is 5.08. The van der Waals surface area contributed by atoms with Gasteiger partial charge in [-0.15, -0.1) is 11.3 Å². The Morgan fingerprint density at radius 2 is 0.877 bits per heavy atom. The second-order valence-corrected chi connectivity index (χ2v) is 15.6. The molecule has 0 radical (unpaired) electrons. The standard InChI is InChI=1S/C54H36N2S/c1-3-15-37(16-4-1)39-17-13-18-40(33-39)41-19-14-22-44(34-41)55(42-20-5-2-6-21-42)45-35-49(54-50(36-45)48-25-9-12-28-53(48)57-54)38-29-31-43(32-30-38)56-51-26-10-7-23-46(51)47-24-8-11-27-52(47)56/h1-36H. The van der Waals surface area contributed by atoms with Crippen molar-refractivity contribution >= 4 is 70.4 Å². The van der Waals surface area contributed by atoms with Crippen LogP contribution in [-0.4, -0.2) is 4.57 Å². The van der Waals surface area contributed by atoms with Gasteiger partial charge in [-0.2, -0.15) is 0 Å². The molecule has 3 heteroatoms. The van der Waals surface area contributed by atoms with Gasteiger partial charge in [0.25, 0.3) is 0 Å². The van der Waals surface area contributed by atoms with Gasteiger partial charge in [0, 0.05) is 59.3 Å². The predicted octanol–water partition coefficient (Wildman–Crippen LogP) is 15.6. The number of para-hydroxylation sites is 3. The topological polar surface area (TPSA) is 8.17 Å². The summed E-state index contributed by atoms with van der Waals surface area (Å²) in [7, 11) is 0. The van der Waals surface area contributed by atoms with E-state index in [4.69, 9.17) is 0 Å². The molecule has 0 saturated carbocycles. The molecule has 0 unspecified atom stereocenters. The van der Waals surface area contributed by atoms with Crippen LogP contribution in [0.25, 0.3) is 81.0 Å². The molecule has 0 atom stereocenters. The van der Waals surface area contributed by atoms with E-state index < -0.39 is 0 Å². The first-order valence-corrected chi connectivity index (χ1v) is 20.2. The van der Waals surface area contributed by atoms with E-state index in [1.54, 1.807) is 0 Å². The molecule has 2 nitrogen and oxygen atoms in total. The van der Waals surface area contributed by atoms with E-state index in [0.717, 1.165) is 22.7 Å². The molecular weight excluding hydrogens is 709 g/mol. The summed E-state index contributed by atoms with van der Waals surface area (Å²) in [6.45, 7) is 0. The average molecular weight is 745 g/mol. The largest absolute Gasteiger partial charge is 0.310 e. The van der Waals surface area contributed by atoms with E-state index in [1.807, 2.05) is 11.3 Å². The minimum absolute atomic E-state index is 1.11. The SMILES string of the molecule is c1ccc(-c2cccc(-c3cccc(N(c4ccccc4)c4cc(-c5ccc(-n6c7ccccc7c7ccccc76)cc5)c5sc6ccccc6c5c4)c3)c2)cc1. The fraction of sp³-hybridized carbons (Fsp3) is 0. The Kier molecular flexibility index (Phi) is 8.04. The summed E-state index contributed by atoms with van der Waals surface area (Å²) in [4.78, 5) is 2.41. The number of rotatable bonds is 7. The number of fused-ring (bicyclic) bond motifs is 6. The van der Waals surface area contributed by atoms with Gasteiger partial charge < -0.3 is 9.47 Å². The molecule has 2 aromatic heterocycles. The van der Waals surface area contributed by atoms with E-state index >= 15 is 0 Å². The second-order valence-electron chi connectivity index (χ2n) is 14.6. The number of benzene rings is 9. The van der Waals surface area contributed by atoms with Gasteiger partial charge in [-0.3, -0.25) is 0 Å². The Labute approximate surface area is 335 Å². The van der Waals surface area contributed by atoms with Crippen LogP contribution in [-0.2, 0) is 0 Å².